The third-order valence-corrected chi connectivity index (χ3v) is 13.4. The Bertz CT molecular complexity index is 3130. The maximum atomic E-state index is 2.51. The van der Waals surface area contributed by atoms with Crippen LogP contribution < -0.4 is 4.90 Å². The van der Waals surface area contributed by atoms with Gasteiger partial charge in [-0.3, -0.25) is 0 Å². The Hall–Kier alpha value is -7.00. The molecule has 1 spiro atoms. The molecule has 0 aliphatic heterocycles. The lowest BCUT2D eigenvalue weighted by molar-refractivity contribution is 0.793. The molecule has 9 aromatic carbocycles. The first kappa shape index (κ1) is 32.3. The summed E-state index contributed by atoms with van der Waals surface area (Å²) in [6.07, 6.45) is 0. The molecule has 57 heavy (non-hydrogen) atoms. The van der Waals surface area contributed by atoms with Gasteiger partial charge in [-0.15, -0.1) is 11.3 Å². The van der Waals surface area contributed by atoms with Gasteiger partial charge in [0.05, 0.1) is 11.1 Å². The van der Waals surface area contributed by atoms with E-state index in [1.165, 1.54) is 86.9 Å². The molecule has 0 N–H and O–H groups in total. The van der Waals surface area contributed by atoms with Crippen molar-refractivity contribution in [3.8, 4) is 44.5 Å². The molecule has 0 amide bonds. The number of anilines is 3. The lowest BCUT2D eigenvalue weighted by Crippen LogP contribution is -2.26. The van der Waals surface area contributed by atoms with E-state index in [1.54, 1.807) is 0 Å². The number of nitrogens with zero attached hydrogens (tertiary/aromatic N) is 1. The molecule has 2 heteroatoms. The molecule has 0 saturated heterocycles. The summed E-state index contributed by atoms with van der Waals surface area (Å²) in [5.41, 5.74) is 18.3. The van der Waals surface area contributed by atoms with Crippen LogP contribution in [0.1, 0.15) is 22.3 Å². The topological polar surface area (TPSA) is 3.24 Å². The summed E-state index contributed by atoms with van der Waals surface area (Å²) in [4.78, 5) is 2.51. The average molecular weight is 742 g/mol. The van der Waals surface area contributed by atoms with Gasteiger partial charge >= 0.3 is 0 Å². The SMILES string of the molecule is c1ccc(-c2ccc(N(c3ccc4c(c3)C3(c5ccccc5-c5ccccc53)c3ccccc3-4)c3ccc4sc5ccccc5c4c3)c(-c3ccccc3)c2)cc1. The summed E-state index contributed by atoms with van der Waals surface area (Å²) in [5, 5.41) is 2.58. The third-order valence-electron chi connectivity index (χ3n) is 12.3. The lowest BCUT2D eigenvalue weighted by atomic mass is 9.70. The molecule has 0 bridgehead atoms. The van der Waals surface area contributed by atoms with E-state index in [9.17, 15) is 0 Å². The van der Waals surface area contributed by atoms with Crippen LogP contribution in [0, 0.1) is 0 Å². The minimum atomic E-state index is -0.437. The van der Waals surface area contributed by atoms with E-state index in [0.717, 1.165) is 17.1 Å². The zero-order valence-electron chi connectivity index (χ0n) is 31.1. The Labute approximate surface area is 336 Å². The average Bonchev–Trinajstić information content (AvgIpc) is 3.91. The van der Waals surface area contributed by atoms with Crippen LogP contribution in [-0.2, 0) is 5.41 Å². The molecule has 10 aromatic rings. The van der Waals surface area contributed by atoms with Crippen molar-refractivity contribution in [1.29, 1.82) is 0 Å². The second-order valence-electron chi connectivity index (χ2n) is 15.2. The smallest absolute Gasteiger partial charge is 0.0726 e. The largest absolute Gasteiger partial charge is 0.310 e. The van der Waals surface area contributed by atoms with Crippen molar-refractivity contribution in [3.63, 3.8) is 0 Å². The van der Waals surface area contributed by atoms with E-state index < -0.39 is 5.41 Å². The van der Waals surface area contributed by atoms with Gasteiger partial charge in [-0.05, 0) is 110 Å². The van der Waals surface area contributed by atoms with Crippen LogP contribution in [0.25, 0.3) is 64.7 Å². The van der Waals surface area contributed by atoms with Crippen molar-refractivity contribution >= 4 is 48.6 Å². The molecular weight excluding hydrogens is 707 g/mol. The minimum absolute atomic E-state index is 0.437. The molecule has 2 aliphatic rings. The standard InChI is InChI=1S/C55H35NS/c1-3-15-36(16-4-1)38-27-31-52(46(33-38)37-17-5-2-6-18-37)56(39-29-32-54-47(34-39)45-22-10-14-26-53(45)57-54)40-28-30-44-43-21-9-13-25-50(43)55(51(44)35-40)48-23-11-7-19-41(48)42-20-8-12-24-49(42)55/h1-35H. The highest BCUT2D eigenvalue weighted by molar-refractivity contribution is 7.25. The quantitative estimate of drug-likeness (QED) is 0.170. The Balaban J connectivity index is 1.16. The van der Waals surface area contributed by atoms with Crippen molar-refractivity contribution in [2.75, 3.05) is 4.90 Å². The summed E-state index contributed by atoms with van der Waals surface area (Å²) in [6, 6.07) is 78.9. The predicted octanol–water partition coefficient (Wildman–Crippen LogP) is 15.2. The summed E-state index contributed by atoms with van der Waals surface area (Å²) in [5.74, 6) is 0. The van der Waals surface area contributed by atoms with Crippen molar-refractivity contribution < 1.29 is 0 Å². The fraction of sp³-hybridized carbons (Fsp3) is 0.0182. The molecule has 266 valence electrons. The van der Waals surface area contributed by atoms with Gasteiger partial charge in [-0.1, -0.05) is 164 Å². The maximum Gasteiger partial charge on any atom is 0.0726 e. The molecule has 12 rings (SSSR count). The molecule has 0 radical (unpaired) electrons. The van der Waals surface area contributed by atoms with Gasteiger partial charge in [-0.25, -0.2) is 0 Å². The predicted molar refractivity (Wildman–Crippen MR) is 241 cm³/mol. The number of rotatable bonds is 5. The van der Waals surface area contributed by atoms with Gasteiger partial charge < -0.3 is 4.90 Å². The summed E-state index contributed by atoms with van der Waals surface area (Å²) < 4.78 is 2.61. The first-order valence-corrected chi connectivity index (χ1v) is 20.5. The van der Waals surface area contributed by atoms with Crippen LogP contribution in [0.2, 0.25) is 0 Å². The monoisotopic (exact) mass is 741 g/mol. The van der Waals surface area contributed by atoms with E-state index in [0.29, 0.717) is 0 Å². The Morgan fingerprint density at radius 3 is 1.53 bits per heavy atom. The molecule has 0 fully saturated rings. The van der Waals surface area contributed by atoms with Gasteiger partial charge in [-0.2, -0.15) is 0 Å². The van der Waals surface area contributed by atoms with Crippen LogP contribution in [0.4, 0.5) is 17.1 Å². The van der Waals surface area contributed by atoms with Crippen molar-refractivity contribution in [2.45, 2.75) is 5.41 Å². The van der Waals surface area contributed by atoms with Crippen LogP contribution in [0.5, 0.6) is 0 Å². The summed E-state index contributed by atoms with van der Waals surface area (Å²) in [7, 11) is 0. The Morgan fingerprint density at radius 2 is 0.842 bits per heavy atom. The fourth-order valence-corrected chi connectivity index (χ4v) is 11.0. The summed E-state index contributed by atoms with van der Waals surface area (Å²) in [6.45, 7) is 0. The van der Waals surface area contributed by atoms with Gasteiger partial charge in [0.15, 0.2) is 0 Å². The third kappa shape index (κ3) is 4.68. The van der Waals surface area contributed by atoms with E-state index >= 15 is 0 Å². The molecule has 0 atom stereocenters. The van der Waals surface area contributed by atoms with Gasteiger partial charge in [0.25, 0.3) is 0 Å². The number of hydrogen-bond donors (Lipinski definition) is 0. The first-order chi connectivity index (χ1) is 28.3. The van der Waals surface area contributed by atoms with E-state index in [1.807, 2.05) is 11.3 Å². The second-order valence-corrected chi connectivity index (χ2v) is 16.3. The molecular formula is C55H35NS. The minimum Gasteiger partial charge on any atom is -0.310 e. The number of thiophene rings is 1. The van der Waals surface area contributed by atoms with Crippen molar-refractivity contribution in [1.82, 2.24) is 0 Å². The Morgan fingerprint density at radius 1 is 0.316 bits per heavy atom. The van der Waals surface area contributed by atoms with Crippen LogP contribution in [-0.4, -0.2) is 0 Å². The first-order valence-electron chi connectivity index (χ1n) is 19.7. The highest BCUT2D eigenvalue weighted by Gasteiger charge is 2.51. The molecule has 1 heterocycles. The maximum absolute atomic E-state index is 2.51. The van der Waals surface area contributed by atoms with Crippen molar-refractivity contribution in [2.24, 2.45) is 0 Å². The Kier molecular flexibility index (Phi) is 7.08. The summed E-state index contributed by atoms with van der Waals surface area (Å²) >= 11 is 1.86. The highest BCUT2D eigenvalue weighted by Crippen LogP contribution is 2.63. The molecule has 2 aliphatic carbocycles. The zero-order valence-corrected chi connectivity index (χ0v) is 31.9. The molecule has 1 aromatic heterocycles. The fourth-order valence-electron chi connectivity index (χ4n) is 9.89. The molecule has 0 unspecified atom stereocenters. The number of fused-ring (bicyclic) bond motifs is 13. The zero-order chi connectivity index (χ0) is 37.5. The lowest BCUT2D eigenvalue weighted by Gasteiger charge is -2.33. The number of benzene rings is 9. The normalized spacial score (nSPS) is 13.1. The molecule has 1 nitrogen and oxygen atoms in total. The van der Waals surface area contributed by atoms with Gasteiger partial charge in [0.1, 0.15) is 0 Å². The van der Waals surface area contributed by atoms with Gasteiger partial charge in [0, 0.05) is 37.1 Å². The second kappa shape index (κ2) is 12.5. The van der Waals surface area contributed by atoms with Crippen LogP contribution >= 0.6 is 11.3 Å². The van der Waals surface area contributed by atoms with Crippen LogP contribution in [0.15, 0.2) is 212 Å². The van der Waals surface area contributed by atoms with Gasteiger partial charge in [0.2, 0.25) is 0 Å². The molecule has 0 saturated carbocycles. The van der Waals surface area contributed by atoms with E-state index in [-0.39, 0.29) is 0 Å². The number of hydrogen-bond acceptors (Lipinski definition) is 2. The van der Waals surface area contributed by atoms with E-state index in [4.69, 9.17) is 0 Å². The highest BCUT2D eigenvalue weighted by atomic mass is 32.1. The van der Waals surface area contributed by atoms with Crippen LogP contribution in [0.3, 0.4) is 0 Å². The van der Waals surface area contributed by atoms with E-state index in [2.05, 4.69) is 217 Å². The van der Waals surface area contributed by atoms with Crippen molar-refractivity contribution in [3.05, 3.63) is 235 Å².